The number of allylic oxidation sites excluding steroid dienone is 2. The average molecular weight is 131 g/mol. The van der Waals surface area contributed by atoms with E-state index < -0.39 is 0 Å². The van der Waals surface area contributed by atoms with Crippen molar-refractivity contribution >= 4 is 11.6 Å². The summed E-state index contributed by atoms with van der Waals surface area (Å²) >= 11 is 5.56. The molecule has 3 heteroatoms. The third-order valence-corrected chi connectivity index (χ3v) is 1.11. The third kappa shape index (κ3) is 1.25. The third-order valence-electron chi connectivity index (χ3n) is 0.882. The quantitative estimate of drug-likeness (QED) is 0.492. The predicted molar refractivity (Wildman–Crippen MR) is 34.0 cm³/mol. The molecule has 0 unspecified atom stereocenters. The first kappa shape index (κ1) is 5.66. The Morgan fingerprint density at radius 1 is 1.75 bits per heavy atom. The molecule has 8 heavy (non-hydrogen) atoms. The SMILES string of the molecule is NN1C=C(Cl)C=CC1. The predicted octanol–water partition coefficient (Wildman–Crippen LogP) is 0.812. The van der Waals surface area contributed by atoms with E-state index in [1.165, 1.54) is 5.01 Å². The lowest BCUT2D eigenvalue weighted by atomic mass is 10.4. The van der Waals surface area contributed by atoms with Crippen LogP contribution in [0.25, 0.3) is 0 Å². The Balaban J connectivity index is 2.63. The van der Waals surface area contributed by atoms with Gasteiger partial charge in [0.25, 0.3) is 0 Å². The van der Waals surface area contributed by atoms with Crippen molar-refractivity contribution in [2.24, 2.45) is 5.84 Å². The maximum atomic E-state index is 5.56. The van der Waals surface area contributed by atoms with E-state index in [1.54, 1.807) is 6.20 Å². The minimum atomic E-state index is 0.679. The van der Waals surface area contributed by atoms with Crippen molar-refractivity contribution in [3.8, 4) is 0 Å². The van der Waals surface area contributed by atoms with Gasteiger partial charge in [-0.25, -0.2) is 5.84 Å². The highest BCUT2D eigenvalue weighted by Gasteiger charge is 1.95. The van der Waals surface area contributed by atoms with Gasteiger partial charge in [-0.3, -0.25) is 0 Å². The first-order valence-electron chi connectivity index (χ1n) is 2.34. The van der Waals surface area contributed by atoms with Crippen LogP contribution in [0.2, 0.25) is 0 Å². The smallest absolute Gasteiger partial charge is 0.0577 e. The lowest BCUT2D eigenvalue weighted by Gasteiger charge is -2.13. The largest absolute Gasteiger partial charge is 0.313 e. The van der Waals surface area contributed by atoms with Gasteiger partial charge >= 0.3 is 0 Å². The Morgan fingerprint density at radius 3 is 2.88 bits per heavy atom. The molecule has 1 heterocycles. The van der Waals surface area contributed by atoms with Gasteiger partial charge < -0.3 is 5.01 Å². The molecular formula is C5H7ClN2. The van der Waals surface area contributed by atoms with E-state index in [0.29, 0.717) is 5.03 Å². The lowest BCUT2D eigenvalue weighted by molar-refractivity contribution is 0.433. The van der Waals surface area contributed by atoms with E-state index in [0.717, 1.165) is 6.54 Å². The molecule has 0 radical (unpaired) electrons. The summed E-state index contributed by atoms with van der Waals surface area (Å²) < 4.78 is 0. The van der Waals surface area contributed by atoms with Gasteiger partial charge in [0, 0.05) is 6.20 Å². The Hall–Kier alpha value is -0.470. The van der Waals surface area contributed by atoms with E-state index >= 15 is 0 Å². The Kier molecular flexibility index (Phi) is 1.56. The van der Waals surface area contributed by atoms with Gasteiger partial charge in [0.2, 0.25) is 0 Å². The van der Waals surface area contributed by atoms with Gasteiger partial charge in [0.1, 0.15) is 0 Å². The van der Waals surface area contributed by atoms with E-state index in [9.17, 15) is 0 Å². The number of nitrogens with two attached hydrogens (primary N) is 1. The molecule has 0 aromatic rings. The molecule has 1 aliphatic rings. The number of hydrazine groups is 1. The van der Waals surface area contributed by atoms with Gasteiger partial charge in [-0.05, 0) is 6.08 Å². The number of rotatable bonds is 0. The molecule has 0 amide bonds. The molecule has 0 spiro atoms. The van der Waals surface area contributed by atoms with Gasteiger partial charge in [-0.2, -0.15) is 0 Å². The van der Waals surface area contributed by atoms with E-state index in [-0.39, 0.29) is 0 Å². The Morgan fingerprint density at radius 2 is 2.50 bits per heavy atom. The highest BCUT2D eigenvalue weighted by Crippen LogP contribution is 2.07. The van der Waals surface area contributed by atoms with Crippen LogP contribution in [0.5, 0.6) is 0 Å². The van der Waals surface area contributed by atoms with Gasteiger partial charge in [-0.15, -0.1) is 0 Å². The highest BCUT2D eigenvalue weighted by molar-refractivity contribution is 6.31. The summed E-state index contributed by atoms with van der Waals surface area (Å²) in [6, 6.07) is 0. The molecule has 0 saturated heterocycles. The summed E-state index contributed by atoms with van der Waals surface area (Å²) in [5.41, 5.74) is 0. The highest BCUT2D eigenvalue weighted by atomic mass is 35.5. The monoisotopic (exact) mass is 130 g/mol. The van der Waals surface area contributed by atoms with Crippen LogP contribution in [0.3, 0.4) is 0 Å². The standard InChI is InChI=1S/C5H7ClN2/c6-5-2-1-3-8(7)4-5/h1-2,4H,3,7H2. The van der Waals surface area contributed by atoms with Crippen LogP contribution in [0.4, 0.5) is 0 Å². The molecular weight excluding hydrogens is 124 g/mol. The molecule has 0 fully saturated rings. The van der Waals surface area contributed by atoms with Gasteiger partial charge in [0.05, 0.1) is 11.6 Å². The summed E-state index contributed by atoms with van der Waals surface area (Å²) in [5, 5.41) is 2.21. The topological polar surface area (TPSA) is 29.3 Å². The molecule has 1 aliphatic heterocycles. The fourth-order valence-electron chi connectivity index (χ4n) is 0.541. The fraction of sp³-hybridized carbons (Fsp3) is 0.200. The molecule has 2 nitrogen and oxygen atoms in total. The number of nitrogens with zero attached hydrogens (tertiary/aromatic N) is 1. The second kappa shape index (κ2) is 2.20. The van der Waals surface area contributed by atoms with Crippen LogP contribution in [0.15, 0.2) is 23.4 Å². The number of halogens is 1. The van der Waals surface area contributed by atoms with Crippen molar-refractivity contribution in [2.45, 2.75) is 0 Å². The average Bonchev–Trinajstić information content (AvgIpc) is 1.64. The number of hydrogen-bond donors (Lipinski definition) is 1. The van der Waals surface area contributed by atoms with Crippen LogP contribution in [0, 0.1) is 0 Å². The van der Waals surface area contributed by atoms with Crippen molar-refractivity contribution < 1.29 is 0 Å². The molecule has 0 atom stereocenters. The molecule has 0 aromatic heterocycles. The fourth-order valence-corrected chi connectivity index (χ4v) is 0.756. The molecule has 44 valence electrons. The zero-order valence-electron chi connectivity index (χ0n) is 4.34. The van der Waals surface area contributed by atoms with Crippen LogP contribution in [0.1, 0.15) is 0 Å². The molecule has 0 saturated carbocycles. The summed E-state index contributed by atoms with van der Waals surface area (Å²) in [7, 11) is 0. The lowest BCUT2D eigenvalue weighted by Crippen LogP contribution is -2.26. The Bertz CT molecular complexity index is 139. The minimum Gasteiger partial charge on any atom is -0.313 e. The first-order chi connectivity index (χ1) is 3.79. The normalized spacial score (nSPS) is 18.8. The maximum absolute atomic E-state index is 5.56. The number of hydrogen-bond acceptors (Lipinski definition) is 2. The van der Waals surface area contributed by atoms with Crippen molar-refractivity contribution in [1.29, 1.82) is 0 Å². The summed E-state index contributed by atoms with van der Waals surface area (Å²) in [6.45, 7) is 0.746. The maximum Gasteiger partial charge on any atom is 0.0577 e. The van der Waals surface area contributed by atoms with Gasteiger partial charge in [0.15, 0.2) is 0 Å². The van der Waals surface area contributed by atoms with Crippen LogP contribution in [-0.4, -0.2) is 11.6 Å². The van der Waals surface area contributed by atoms with Crippen molar-refractivity contribution in [3.63, 3.8) is 0 Å². The van der Waals surface area contributed by atoms with E-state index in [2.05, 4.69) is 0 Å². The Labute approximate surface area is 53.2 Å². The zero-order chi connectivity index (χ0) is 5.98. The summed E-state index contributed by atoms with van der Waals surface area (Å²) in [5.74, 6) is 5.35. The van der Waals surface area contributed by atoms with Crippen molar-refractivity contribution in [1.82, 2.24) is 5.01 Å². The molecule has 2 N–H and O–H groups in total. The minimum absolute atomic E-state index is 0.679. The van der Waals surface area contributed by atoms with Crippen LogP contribution >= 0.6 is 11.6 Å². The second-order valence-corrected chi connectivity index (χ2v) is 2.05. The molecule has 0 aliphatic carbocycles. The summed E-state index contributed by atoms with van der Waals surface area (Å²) in [4.78, 5) is 0. The summed E-state index contributed by atoms with van der Waals surface area (Å²) in [6.07, 6.45) is 5.41. The molecule has 0 aromatic carbocycles. The van der Waals surface area contributed by atoms with Crippen LogP contribution in [-0.2, 0) is 0 Å². The van der Waals surface area contributed by atoms with E-state index in [1.807, 2.05) is 12.2 Å². The molecule has 0 bridgehead atoms. The molecule has 1 rings (SSSR count). The van der Waals surface area contributed by atoms with Gasteiger partial charge in [-0.1, -0.05) is 17.7 Å². The van der Waals surface area contributed by atoms with E-state index in [4.69, 9.17) is 17.4 Å². The first-order valence-corrected chi connectivity index (χ1v) is 2.72. The second-order valence-electron chi connectivity index (χ2n) is 1.61. The zero-order valence-corrected chi connectivity index (χ0v) is 5.10. The van der Waals surface area contributed by atoms with Crippen molar-refractivity contribution in [2.75, 3.05) is 6.54 Å². The van der Waals surface area contributed by atoms with Crippen LogP contribution < -0.4 is 5.84 Å². The van der Waals surface area contributed by atoms with Crippen molar-refractivity contribution in [3.05, 3.63) is 23.4 Å².